The predicted molar refractivity (Wildman–Crippen MR) is 81.3 cm³/mol. The van der Waals surface area contributed by atoms with Crippen molar-refractivity contribution >= 4 is 27.3 Å². The lowest BCUT2D eigenvalue weighted by Gasteiger charge is -2.32. The summed E-state index contributed by atoms with van der Waals surface area (Å²) in [6.07, 6.45) is 3.33. The number of likely N-dealkylation sites (tertiary alicyclic amines) is 1. The Morgan fingerprint density at radius 3 is 2.85 bits per heavy atom. The van der Waals surface area contributed by atoms with Gasteiger partial charge in [0.25, 0.3) is 0 Å². The fourth-order valence-corrected chi connectivity index (χ4v) is 3.61. The molecule has 1 atom stereocenters. The lowest BCUT2D eigenvalue weighted by molar-refractivity contribution is 0.187. The van der Waals surface area contributed by atoms with E-state index in [9.17, 15) is 8.42 Å². The van der Waals surface area contributed by atoms with E-state index >= 15 is 0 Å². The fraction of sp³-hybridized carbons (Fsp3) is 0.538. The first-order valence-electron chi connectivity index (χ1n) is 6.65. The summed E-state index contributed by atoms with van der Waals surface area (Å²) in [5.74, 6) is 0. The van der Waals surface area contributed by atoms with Crippen molar-refractivity contribution in [2.45, 2.75) is 30.2 Å². The van der Waals surface area contributed by atoms with E-state index in [2.05, 4.69) is 9.62 Å². The average molecular weight is 318 g/mol. The molecule has 0 radical (unpaired) electrons. The molecule has 1 unspecified atom stereocenters. The van der Waals surface area contributed by atoms with Gasteiger partial charge in [0, 0.05) is 12.6 Å². The Morgan fingerprint density at radius 1 is 1.45 bits per heavy atom. The van der Waals surface area contributed by atoms with Gasteiger partial charge in [0.05, 0.1) is 15.6 Å². The number of nitrogens with two attached hydrogens (primary N) is 1. The van der Waals surface area contributed by atoms with Crippen molar-refractivity contribution < 1.29 is 8.42 Å². The van der Waals surface area contributed by atoms with E-state index < -0.39 is 10.0 Å². The van der Waals surface area contributed by atoms with Gasteiger partial charge in [0.2, 0.25) is 10.0 Å². The van der Waals surface area contributed by atoms with Crippen molar-refractivity contribution in [2.24, 2.45) is 0 Å². The summed E-state index contributed by atoms with van der Waals surface area (Å²) in [6.45, 7) is 1.43. The summed E-state index contributed by atoms with van der Waals surface area (Å²) in [6, 6.07) is 4.60. The van der Waals surface area contributed by atoms with Crippen LogP contribution in [0.4, 0.5) is 5.69 Å². The molecule has 0 spiro atoms. The van der Waals surface area contributed by atoms with Crippen molar-refractivity contribution in [3.8, 4) is 0 Å². The zero-order valence-corrected chi connectivity index (χ0v) is 13.0. The molecule has 2 rings (SSSR count). The minimum absolute atomic E-state index is 0.151. The second-order valence-corrected chi connectivity index (χ2v) is 7.34. The summed E-state index contributed by atoms with van der Waals surface area (Å²) >= 11 is 5.80. The average Bonchev–Trinajstić information content (AvgIpc) is 2.41. The van der Waals surface area contributed by atoms with Crippen LogP contribution in [0.2, 0.25) is 5.02 Å². The zero-order valence-electron chi connectivity index (χ0n) is 11.5. The molecule has 0 aromatic heterocycles. The highest BCUT2D eigenvalue weighted by Crippen LogP contribution is 2.22. The molecule has 1 heterocycles. The van der Waals surface area contributed by atoms with E-state index in [1.54, 1.807) is 0 Å². The van der Waals surface area contributed by atoms with Crippen LogP contribution >= 0.6 is 11.6 Å². The summed E-state index contributed by atoms with van der Waals surface area (Å²) in [5.41, 5.74) is 5.91. The number of rotatable bonds is 4. The van der Waals surface area contributed by atoms with Gasteiger partial charge >= 0.3 is 0 Å². The Bertz CT molecular complexity index is 577. The van der Waals surface area contributed by atoms with Gasteiger partial charge in [-0.05, 0) is 44.6 Å². The fourth-order valence-electron chi connectivity index (χ4n) is 2.38. The predicted octanol–water partition coefficient (Wildman–Crippen LogP) is 1.68. The summed E-state index contributed by atoms with van der Waals surface area (Å²) < 4.78 is 27.1. The van der Waals surface area contributed by atoms with Gasteiger partial charge in [-0.3, -0.25) is 0 Å². The van der Waals surface area contributed by atoms with Crippen molar-refractivity contribution in [3.63, 3.8) is 0 Å². The van der Waals surface area contributed by atoms with Crippen LogP contribution in [0, 0.1) is 0 Å². The third-order valence-electron chi connectivity index (χ3n) is 3.71. The Morgan fingerprint density at radius 2 is 2.20 bits per heavy atom. The lowest BCUT2D eigenvalue weighted by atomic mass is 10.0. The van der Waals surface area contributed by atoms with Crippen LogP contribution < -0.4 is 10.5 Å². The molecule has 1 fully saturated rings. The zero-order chi connectivity index (χ0) is 14.8. The highest BCUT2D eigenvalue weighted by Gasteiger charge is 2.22. The number of piperidine rings is 1. The van der Waals surface area contributed by atoms with E-state index in [4.69, 9.17) is 17.3 Å². The monoisotopic (exact) mass is 317 g/mol. The van der Waals surface area contributed by atoms with E-state index in [0.29, 0.717) is 11.6 Å². The number of nitrogens with zero attached hydrogens (tertiary/aromatic N) is 1. The van der Waals surface area contributed by atoms with Crippen LogP contribution in [0.5, 0.6) is 0 Å². The number of sulfonamides is 1. The van der Waals surface area contributed by atoms with E-state index in [-0.39, 0.29) is 16.6 Å². The summed E-state index contributed by atoms with van der Waals surface area (Å²) in [4.78, 5) is 2.35. The molecule has 1 aromatic carbocycles. The van der Waals surface area contributed by atoms with Crippen molar-refractivity contribution in [3.05, 3.63) is 23.2 Å². The van der Waals surface area contributed by atoms with Gasteiger partial charge in [-0.25, -0.2) is 13.1 Å². The van der Waals surface area contributed by atoms with Gasteiger partial charge < -0.3 is 10.6 Å². The molecule has 3 N–H and O–H groups in total. The SMILES string of the molecule is CN1CCCCC1CNS(=O)(=O)c1ccc(Cl)c(N)c1. The van der Waals surface area contributed by atoms with Gasteiger partial charge in [0.1, 0.15) is 0 Å². The van der Waals surface area contributed by atoms with Crippen molar-refractivity contribution in [1.29, 1.82) is 0 Å². The van der Waals surface area contributed by atoms with Crippen LogP contribution in [0.3, 0.4) is 0 Å². The highest BCUT2D eigenvalue weighted by atomic mass is 35.5. The molecule has 5 nitrogen and oxygen atoms in total. The molecule has 7 heteroatoms. The summed E-state index contributed by atoms with van der Waals surface area (Å²) in [7, 11) is -1.51. The molecule has 112 valence electrons. The number of hydrogen-bond acceptors (Lipinski definition) is 4. The highest BCUT2D eigenvalue weighted by molar-refractivity contribution is 7.89. The van der Waals surface area contributed by atoms with Gasteiger partial charge in [-0.15, -0.1) is 0 Å². The smallest absolute Gasteiger partial charge is 0.240 e. The van der Waals surface area contributed by atoms with Crippen LogP contribution in [0.15, 0.2) is 23.1 Å². The molecule has 0 saturated carbocycles. The summed E-state index contributed by atoms with van der Waals surface area (Å²) in [5, 5.41) is 0.357. The second-order valence-electron chi connectivity index (χ2n) is 5.17. The standard InChI is InChI=1S/C13H20ClN3O2S/c1-17-7-3-2-4-10(17)9-16-20(18,19)11-5-6-12(14)13(15)8-11/h5-6,8,10,16H,2-4,7,9,15H2,1H3. The van der Waals surface area contributed by atoms with Crippen molar-refractivity contribution in [2.75, 3.05) is 25.9 Å². The molecular formula is C13H20ClN3O2S. The molecule has 0 amide bonds. The third kappa shape index (κ3) is 3.63. The number of nitrogens with one attached hydrogen (secondary N) is 1. The Hall–Kier alpha value is -0.820. The topological polar surface area (TPSA) is 75.4 Å². The molecule has 1 aliphatic rings. The Balaban J connectivity index is 2.05. The maximum absolute atomic E-state index is 12.2. The second kappa shape index (κ2) is 6.30. The number of hydrogen-bond donors (Lipinski definition) is 2. The van der Waals surface area contributed by atoms with Gasteiger partial charge in [-0.2, -0.15) is 0 Å². The van der Waals surface area contributed by atoms with E-state index in [1.165, 1.54) is 24.6 Å². The molecule has 0 aliphatic carbocycles. The molecule has 1 saturated heterocycles. The van der Waals surface area contributed by atoms with Crippen LogP contribution in [-0.4, -0.2) is 39.5 Å². The quantitative estimate of drug-likeness (QED) is 0.829. The Labute approximate surface area is 125 Å². The molecule has 1 aliphatic heterocycles. The third-order valence-corrected chi connectivity index (χ3v) is 5.47. The molecular weight excluding hydrogens is 298 g/mol. The molecule has 20 heavy (non-hydrogen) atoms. The molecule has 1 aromatic rings. The number of halogens is 1. The lowest BCUT2D eigenvalue weighted by Crippen LogP contribution is -2.44. The maximum Gasteiger partial charge on any atom is 0.240 e. The van der Waals surface area contributed by atoms with Crippen LogP contribution in [0.1, 0.15) is 19.3 Å². The van der Waals surface area contributed by atoms with Crippen molar-refractivity contribution in [1.82, 2.24) is 9.62 Å². The minimum Gasteiger partial charge on any atom is -0.397 e. The first-order valence-corrected chi connectivity index (χ1v) is 8.51. The Kier molecular flexibility index (Phi) is 4.90. The van der Waals surface area contributed by atoms with Crippen LogP contribution in [-0.2, 0) is 10.0 Å². The minimum atomic E-state index is -3.54. The molecule has 0 bridgehead atoms. The number of likely N-dealkylation sites (N-methyl/N-ethyl adjacent to an activating group) is 1. The van der Waals surface area contributed by atoms with Gasteiger partial charge in [0.15, 0.2) is 0 Å². The number of anilines is 1. The normalized spacial score (nSPS) is 21.0. The van der Waals surface area contributed by atoms with E-state index in [0.717, 1.165) is 19.4 Å². The first kappa shape index (κ1) is 15.6. The maximum atomic E-state index is 12.2. The number of nitrogen functional groups attached to an aromatic ring is 1. The van der Waals surface area contributed by atoms with E-state index in [1.807, 2.05) is 7.05 Å². The first-order chi connectivity index (χ1) is 9.40. The largest absolute Gasteiger partial charge is 0.397 e. The number of benzene rings is 1. The van der Waals surface area contributed by atoms with Gasteiger partial charge in [-0.1, -0.05) is 18.0 Å². The van der Waals surface area contributed by atoms with Crippen LogP contribution in [0.25, 0.3) is 0 Å².